The SMILES string of the molecule is CNc1c(I)cc(/C=C2/C(=O)NC(=O)N(c3ccc(C)c(Cl)c3)C2=O)cc1I. The fraction of sp³-hybridized carbons (Fsp3) is 0.105. The number of carbonyl (C=O) groups is 3. The number of hydrogen-bond donors (Lipinski definition) is 2. The molecule has 1 saturated heterocycles. The van der Waals surface area contributed by atoms with Crippen LogP contribution >= 0.6 is 56.8 Å². The summed E-state index contributed by atoms with van der Waals surface area (Å²) in [7, 11) is 1.83. The van der Waals surface area contributed by atoms with Gasteiger partial charge in [0.05, 0.1) is 11.4 Å². The van der Waals surface area contributed by atoms with Gasteiger partial charge >= 0.3 is 6.03 Å². The molecule has 0 bridgehead atoms. The fourth-order valence-electron chi connectivity index (χ4n) is 2.69. The largest absolute Gasteiger partial charge is 0.386 e. The van der Waals surface area contributed by atoms with E-state index in [2.05, 4.69) is 55.8 Å². The summed E-state index contributed by atoms with van der Waals surface area (Å²) in [6.45, 7) is 1.82. The van der Waals surface area contributed by atoms with E-state index in [-0.39, 0.29) is 5.57 Å². The van der Waals surface area contributed by atoms with E-state index in [9.17, 15) is 14.4 Å². The van der Waals surface area contributed by atoms with Crippen molar-refractivity contribution in [1.82, 2.24) is 5.32 Å². The Morgan fingerprint density at radius 2 is 1.75 bits per heavy atom. The van der Waals surface area contributed by atoms with Crippen molar-refractivity contribution >= 4 is 92.1 Å². The number of halogens is 3. The maximum Gasteiger partial charge on any atom is 0.335 e. The molecular weight excluding hydrogens is 607 g/mol. The second-order valence-corrected chi connectivity index (χ2v) is 8.73. The summed E-state index contributed by atoms with van der Waals surface area (Å²) in [6, 6.07) is 7.74. The normalized spacial score (nSPS) is 15.8. The Bertz CT molecular complexity index is 1030. The van der Waals surface area contributed by atoms with Gasteiger partial charge in [0.2, 0.25) is 0 Å². The summed E-state index contributed by atoms with van der Waals surface area (Å²) in [5.74, 6) is -1.43. The summed E-state index contributed by atoms with van der Waals surface area (Å²) in [4.78, 5) is 38.5. The third-order valence-corrected chi connectivity index (χ3v) is 6.25. The lowest BCUT2D eigenvalue weighted by molar-refractivity contribution is -0.122. The first-order valence-corrected chi connectivity index (χ1v) is 10.6. The summed E-state index contributed by atoms with van der Waals surface area (Å²) in [5.41, 5.74) is 2.64. The first kappa shape index (κ1) is 21.1. The molecule has 0 atom stereocenters. The Kier molecular flexibility index (Phi) is 6.30. The molecule has 0 aromatic heterocycles. The number of amides is 4. The van der Waals surface area contributed by atoms with Gasteiger partial charge in [0.25, 0.3) is 11.8 Å². The highest BCUT2D eigenvalue weighted by Crippen LogP contribution is 2.29. The van der Waals surface area contributed by atoms with Crippen molar-refractivity contribution in [2.24, 2.45) is 0 Å². The number of barbiturate groups is 1. The zero-order chi connectivity index (χ0) is 20.6. The van der Waals surface area contributed by atoms with Crippen LogP contribution < -0.4 is 15.5 Å². The summed E-state index contributed by atoms with van der Waals surface area (Å²) in [5, 5.41) is 5.75. The maximum atomic E-state index is 13.0. The van der Waals surface area contributed by atoms with E-state index in [1.54, 1.807) is 12.1 Å². The van der Waals surface area contributed by atoms with Crippen LogP contribution in [0.2, 0.25) is 5.02 Å². The van der Waals surface area contributed by atoms with Crippen LogP contribution in [0.25, 0.3) is 6.08 Å². The minimum absolute atomic E-state index is 0.125. The second-order valence-electron chi connectivity index (χ2n) is 6.00. The molecule has 0 saturated carbocycles. The smallest absolute Gasteiger partial charge is 0.335 e. The molecule has 9 heteroatoms. The highest BCUT2D eigenvalue weighted by molar-refractivity contribution is 14.1. The van der Waals surface area contributed by atoms with Crippen LogP contribution in [0, 0.1) is 14.1 Å². The van der Waals surface area contributed by atoms with Crippen LogP contribution in [0.4, 0.5) is 16.2 Å². The van der Waals surface area contributed by atoms with Crippen molar-refractivity contribution < 1.29 is 14.4 Å². The molecule has 0 unspecified atom stereocenters. The minimum Gasteiger partial charge on any atom is -0.386 e. The Balaban J connectivity index is 2.05. The van der Waals surface area contributed by atoms with E-state index in [0.29, 0.717) is 16.3 Å². The minimum atomic E-state index is -0.804. The van der Waals surface area contributed by atoms with Crippen molar-refractivity contribution in [2.45, 2.75) is 6.92 Å². The van der Waals surface area contributed by atoms with E-state index in [4.69, 9.17) is 11.6 Å². The van der Waals surface area contributed by atoms with Crippen LogP contribution in [0.1, 0.15) is 11.1 Å². The third-order valence-electron chi connectivity index (χ3n) is 4.14. The number of aryl methyl sites for hydroxylation is 1. The number of anilines is 2. The molecule has 1 aliphatic heterocycles. The van der Waals surface area contributed by atoms with E-state index >= 15 is 0 Å². The quantitative estimate of drug-likeness (QED) is 0.299. The number of nitrogens with one attached hydrogen (secondary N) is 2. The maximum absolute atomic E-state index is 13.0. The average molecular weight is 622 g/mol. The van der Waals surface area contributed by atoms with Gasteiger partial charge in [-0.3, -0.25) is 14.9 Å². The van der Waals surface area contributed by atoms with Gasteiger partial charge in [-0.25, -0.2) is 9.69 Å². The molecule has 0 spiro atoms. The molecule has 2 aromatic carbocycles. The first-order valence-electron chi connectivity index (χ1n) is 8.07. The average Bonchev–Trinajstić information content (AvgIpc) is 2.61. The van der Waals surface area contributed by atoms with Gasteiger partial charge in [-0.2, -0.15) is 0 Å². The van der Waals surface area contributed by atoms with E-state index in [1.807, 2.05) is 26.1 Å². The second kappa shape index (κ2) is 8.37. The number of carbonyl (C=O) groups excluding carboxylic acids is 3. The van der Waals surface area contributed by atoms with Gasteiger partial charge in [-0.1, -0.05) is 17.7 Å². The van der Waals surface area contributed by atoms with Gasteiger partial charge in [0.15, 0.2) is 0 Å². The lowest BCUT2D eigenvalue weighted by Crippen LogP contribution is -2.54. The standard InChI is InChI=1S/C19H14ClI2N3O3/c1-9-3-4-11(8-13(9)20)25-18(27)12(17(26)24-19(25)28)5-10-6-14(21)16(23-2)15(22)7-10/h3-8,23H,1-2H3,(H,24,26,28)/b12-5-. The lowest BCUT2D eigenvalue weighted by atomic mass is 10.1. The number of imide groups is 2. The molecule has 2 aromatic rings. The zero-order valence-corrected chi connectivity index (χ0v) is 19.8. The Morgan fingerprint density at radius 1 is 1.11 bits per heavy atom. The predicted octanol–water partition coefficient (Wildman–Crippen LogP) is 4.57. The van der Waals surface area contributed by atoms with Crippen molar-refractivity contribution in [3.8, 4) is 0 Å². The van der Waals surface area contributed by atoms with Gasteiger partial charge in [-0.15, -0.1) is 0 Å². The molecule has 0 radical (unpaired) electrons. The monoisotopic (exact) mass is 621 g/mol. The van der Waals surface area contributed by atoms with Crippen LogP contribution in [-0.4, -0.2) is 24.9 Å². The zero-order valence-electron chi connectivity index (χ0n) is 14.8. The van der Waals surface area contributed by atoms with Crippen LogP contribution in [0.5, 0.6) is 0 Å². The number of benzene rings is 2. The molecule has 4 amide bonds. The van der Waals surface area contributed by atoms with Gasteiger partial charge in [0.1, 0.15) is 5.57 Å². The van der Waals surface area contributed by atoms with Crippen molar-refractivity contribution in [3.63, 3.8) is 0 Å². The predicted molar refractivity (Wildman–Crippen MR) is 127 cm³/mol. The van der Waals surface area contributed by atoms with E-state index in [1.165, 1.54) is 12.1 Å². The molecule has 2 N–H and O–H groups in total. The highest BCUT2D eigenvalue weighted by Gasteiger charge is 2.37. The molecule has 144 valence electrons. The summed E-state index contributed by atoms with van der Waals surface area (Å²) >= 11 is 10.5. The Morgan fingerprint density at radius 3 is 2.32 bits per heavy atom. The molecule has 1 heterocycles. The van der Waals surface area contributed by atoms with Crippen molar-refractivity contribution in [1.29, 1.82) is 0 Å². The van der Waals surface area contributed by atoms with Crippen LogP contribution in [0.15, 0.2) is 35.9 Å². The molecule has 1 fully saturated rings. The molecule has 1 aliphatic rings. The Hall–Kier alpha value is -1.66. The summed E-state index contributed by atoms with van der Waals surface area (Å²) in [6.07, 6.45) is 1.48. The van der Waals surface area contributed by atoms with E-state index < -0.39 is 17.8 Å². The topological polar surface area (TPSA) is 78.5 Å². The molecule has 3 rings (SSSR count). The van der Waals surface area contributed by atoms with Crippen LogP contribution in [0.3, 0.4) is 0 Å². The third kappa shape index (κ3) is 4.03. The van der Waals surface area contributed by atoms with Gasteiger partial charge in [0, 0.05) is 19.2 Å². The van der Waals surface area contributed by atoms with Crippen molar-refractivity contribution in [3.05, 3.63) is 59.2 Å². The van der Waals surface area contributed by atoms with Gasteiger partial charge in [-0.05, 0) is 93.6 Å². The highest BCUT2D eigenvalue weighted by atomic mass is 127. The fourth-order valence-corrected chi connectivity index (χ4v) is 5.22. The van der Waals surface area contributed by atoms with Crippen LogP contribution in [-0.2, 0) is 9.59 Å². The molecule has 0 aliphatic carbocycles. The Labute approximate surface area is 194 Å². The number of urea groups is 1. The first-order chi connectivity index (χ1) is 13.2. The number of nitrogens with zero attached hydrogens (tertiary/aromatic N) is 1. The molecular formula is C19H14ClI2N3O3. The van der Waals surface area contributed by atoms with Crippen molar-refractivity contribution in [2.75, 3.05) is 17.3 Å². The van der Waals surface area contributed by atoms with E-state index in [0.717, 1.165) is 23.3 Å². The summed E-state index contributed by atoms with van der Waals surface area (Å²) < 4.78 is 1.89. The number of rotatable bonds is 3. The van der Waals surface area contributed by atoms with Gasteiger partial charge < -0.3 is 5.32 Å². The molecule has 6 nitrogen and oxygen atoms in total. The number of hydrogen-bond acceptors (Lipinski definition) is 4. The molecule has 28 heavy (non-hydrogen) atoms. The lowest BCUT2D eigenvalue weighted by Gasteiger charge is -2.26.